The van der Waals surface area contributed by atoms with Gasteiger partial charge >= 0.3 is 0 Å². The van der Waals surface area contributed by atoms with Crippen molar-refractivity contribution in [2.24, 2.45) is 4.99 Å². The van der Waals surface area contributed by atoms with Gasteiger partial charge in [0.25, 0.3) is 0 Å². The van der Waals surface area contributed by atoms with Crippen molar-refractivity contribution < 1.29 is 5.11 Å². The molecule has 0 amide bonds. The van der Waals surface area contributed by atoms with E-state index in [4.69, 9.17) is 4.99 Å². The zero-order chi connectivity index (χ0) is 18.9. The summed E-state index contributed by atoms with van der Waals surface area (Å²) in [5.74, 6) is 1.93. The first-order valence-electron chi connectivity index (χ1n) is 9.88. The summed E-state index contributed by atoms with van der Waals surface area (Å²) < 4.78 is 2.08. The van der Waals surface area contributed by atoms with Crippen LogP contribution in [0.4, 0.5) is 0 Å². The Morgan fingerprint density at radius 2 is 2.04 bits per heavy atom. The number of hydrogen-bond donors (Lipinski definition) is 2. The Bertz CT molecular complexity index is 706. The SMILES string of the molecule is CCc1nncn1CCNC(=NCCc1ccccc1)N1CCC(O)CC1. The van der Waals surface area contributed by atoms with Crippen molar-refractivity contribution >= 4 is 5.96 Å². The molecule has 7 heteroatoms. The molecule has 1 fully saturated rings. The van der Waals surface area contributed by atoms with Crippen LogP contribution in [-0.2, 0) is 19.4 Å². The van der Waals surface area contributed by atoms with Crippen LogP contribution in [0.1, 0.15) is 31.2 Å². The first-order chi connectivity index (χ1) is 13.3. The van der Waals surface area contributed by atoms with Gasteiger partial charge in [-0.15, -0.1) is 10.2 Å². The molecule has 3 rings (SSSR count). The van der Waals surface area contributed by atoms with Crippen molar-refractivity contribution in [3.8, 4) is 0 Å². The average Bonchev–Trinajstić information content (AvgIpc) is 3.16. The van der Waals surface area contributed by atoms with E-state index in [0.717, 1.165) is 70.2 Å². The highest BCUT2D eigenvalue weighted by atomic mass is 16.3. The van der Waals surface area contributed by atoms with E-state index >= 15 is 0 Å². The molecule has 1 saturated heterocycles. The van der Waals surface area contributed by atoms with E-state index in [0.29, 0.717) is 0 Å². The van der Waals surface area contributed by atoms with E-state index in [2.05, 4.69) is 56.2 Å². The third kappa shape index (κ3) is 5.79. The van der Waals surface area contributed by atoms with Crippen LogP contribution in [0.15, 0.2) is 41.7 Å². The number of nitrogens with zero attached hydrogens (tertiary/aromatic N) is 5. The van der Waals surface area contributed by atoms with Gasteiger partial charge in [0.2, 0.25) is 0 Å². The Labute approximate surface area is 161 Å². The van der Waals surface area contributed by atoms with E-state index in [-0.39, 0.29) is 6.10 Å². The molecule has 0 radical (unpaired) electrons. The Morgan fingerprint density at radius 3 is 2.78 bits per heavy atom. The van der Waals surface area contributed by atoms with Crippen molar-refractivity contribution in [1.29, 1.82) is 0 Å². The Balaban J connectivity index is 1.57. The summed E-state index contributed by atoms with van der Waals surface area (Å²) in [5, 5.41) is 21.4. The van der Waals surface area contributed by atoms with Gasteiger partial charge in [0.05, 0.1) is 6.10 Å². The highest BCUT2D eigenvalue weighted by Crippen LogP contribution is 2.10. The van der Waals surface area contributed by atoms with Gasteiger partial charge in [-0.05, 0) is 24.8 Å². The number of nitrogens with one attached hydrogen (secondary N) is 1. The van der Waals surface area contributed by atoms with Crippen molar-refractivity contribution in [3.63, 3.8) is 0 Å². The van der Waals surface area contributed by atoms with Gasteiger partial charge in [0.15, 0.2) is 5.96 Å². The largest absolute Gasteiger partial charge is 0.393 e. The fourth-order valence-corrected chi connectivity index (χ4v) is 3.31. The fourth-order valence-electron chi connectivity index (χ4n) is 3.31. The minimum atomic E-state index is -0.184. The van der Waals surface area contributed by atoms with E-state index in [1.165, 1.54) is 5.56 Å². The number of aromatic nitrogens is 3. The number of aliphatic hydroxyl groups excluding tert-OH is 1. The maximum absolute atomic E-state index is 9.79. The molecular formula is C20H30N6O. The van der Waals surface area contributed by atoms with Crippen molar-refractivity contribution in [1.82, 2.24) is 25.0 Å². The summed E-state index contributed by atoms with van der Waals surface area (Å²) in [7, 11) is 0. The predicted octanol–water partition coefficient (Wildman–Crippen LogP) is 1.49. The Hall–Kier alpha value is -2.41. The quantitative estimate of drug-likeness (QED) is 0.570. The second-order valence-corrected chi connectivity index (χ2v) is 6.88. The number of aliphatic hydroxyl groups is 1. The first-order valence-corrected chi connectivity index (χ1v) is 9.88. The normalized spacial score (nSPS) is 15.9. The molecule has 0 unspecified atom stereocenters. The molecule has 1 aliphatic heterocycles. The zero-order valence-electron chi connectivity index (χ0n) is 16.1. The van der Waals surface area contributed by atoms with Crippen LogP contribution < -0.4 is 5.32 Å². The molecular weight excluding hydrogens is 340 g/mol. The molecule has 1 aromatic carbocycles. The van der Waals surface area contributed by atoms with Gasteiger partial charge in [0, 0.05) is 39.1 Å². The van der Waals surface area contributed by atoms with E-state index in [1.807, 2.05) is 6.07 Å². The molecule has 0 spiro atoms. The summed E-state index contributed by atoms with van der Waals surface area (Å²) >= 11 is 0. The molecule has 27 heavy (non-hydrogen) atoms. The van der Waals surface area contributed by atoms with Gasteiger partial charge in [-0.2, -0.15) is 0 Å². The van der Waals surface area contributed by atoms with Crippen molar-refractivity contribution in [2.75, 3.05) is 26.2 Å². The lowest BCUT2D eigenvalue weighted by Crippen LogP contribution is -2.47. The van der Waals surface area contributed by atoms with Crippen molar-refractivity contribution in [2.45, 2.75) is 45.3 Å². The van der Waals surface area contributed by atoms with Gasteiger partial charge in [-0.3, -0.25) is 4.99 Å². The number of aryl methyl sites for hydroxylation is 1. The summed E-state index contributed by atoms with van der Waals surface area (Å²) in [6.07, 6.45) is 4.99. The lowest BCUT2D eigenvalue weighted by Gasteiger charge is -2.32. The second-order valence-electron chi connectivity index (χ2n) is 6.88. The second kappa shape index (κ2) is 10.1. The first kappa shape index (κ1) is 19.4. The van der Waals surface area contributed by atoms with Crippen LogP contribution >= 0.6 is 0 Å². The Kier molecular flexibility index (Phi) is 7.21. The van der Waals surface area contributed by atoms with Crippen LogP contribution in [0.5, 0.6) is 0 Å². The van der Waals surface area contributed by atoms with Crippen LogP contribution in [0.25, 0.3) is 0 Å². The lowest BCUT2D eigenvalue weighted by atomic mass is 10.1. The molecule has 1 aromatic heterocycles. The molecule has 7 nitrogen and oxygen atoms in total. The lowest BCUT2D eigenvalue weighted by molar-refractivity contribution is 0.108. The zero-order valence-corrected chi connectivity index (χ0v) is 16.1. The van der Waals surface area contributed by atoms with Crippen molar-refractivity contribution in [3.05, 3.63) is 48.0 Å². The monoisotopic (exact) mass is 370 g/mol. The standard InChI is InChI=1S/C20H30N6O/c1-2-19-24-23-16-26(19)15-12-22-20(25-13-9-18(27)10-14-25)21-11-8-17-6-4-3-5-7-17/h3-7,16,18,27H,2,8-15H2,1H3,(H,21,22). The molecule has 2 N–H and O–H groups in total. The minimum absolute atomic E-state index is 0.184. The van der Waals surface area contributed by atoms with Gasteiger partial charge in [0.1, 0.15) is 12.2 Å². The van der Waals surface area contributed by atoms with Gasteiger partial charge in [-0.1, -0.05) is 37.3 Å². The summed E-state index contributed by atoms with van der Waals surface area (Å²) in [4.78, 5) is 7.09. The van der Waals surface area contributed by atoms with Crippen LogP contribution in [-0.4, -0.2) is 63.0 Å². The minimum Gasteiger partial charge on any atom is -0.393 e. The number of likely N-dealkylation sites (tertiary alicyclic amines) is 1. The van der Waals surface area contributed by atoms with Gasteiger partial charge < -0.3 is 19.9 Å². The molecule has 2 heterocycles. The smallest absolute Gasteiger partial charge is 0.193 e. The number of aliphatic imine (C=N–C) groups is 1. The highest BCUT2D eigenvalue weighted by Gasteiger charge is 2.19. The maximum atomic E-state index is 9.79. The third-order valence-electron chi connectivity index (χ3n) is 4.92. The maximum Gasteiger partial charge on any atom is 0.193 e. The van der Waals surface area contributed by atoms with Gasteiger partial charge in [-0.25, -0.2) is 0 Å². The third-order valence-corrected chi connectivity index (χ3v) is 4.92. The topological polar surface area (TPSA) is 78.6 Å². The molecule has 1 aliphatic rings. The Morgan fingerprint density at radius 1 is 1.26 bits per heavy atom. The average molecular weight is 371 g/mol. The summed E-state index contributed by atoms with van der Waals surface area (Å²) in [6, 6.07) is 10.4. The number of guanidine groups is 1. The highest BCUT2D eigenvalue weighted by molar-refractivity contribution is 5.80. The molecule has 0 bridgehead atoms. The van der Waals surface area contributed by atoms with Crippen LogP contribution in [0, 0.1) is 0 Å². The number of benzene rings is 1. The molecule has 2 aromatic rings. The van der Waals surface area contributed by atoms with E-state index in [9.17, 15) is 5.11 Å². The molecule has 146 valence electrons. The number of rotatable bonds is 7. The number of piperidine rings is 1. The van der Waals surface area contributed by atoms with E-state index in [1.54, 1.807) is 6.33 Å². The summed E-state index contributed by atoms with van der Waals surface area (Å²) in [6.45, 7) is 6.09. The molecule has 0 atom stereocenters. The van der Waals surface area contributed by atoms with Crippen LogP contribution in [0.2, 0.25) is 0 Å². The fraction of sp³-hybridized carbons (Fsp3) is 0.550. The van der Waals surface area contributed by atoms with Crippen LogP contribution in [0.3, 0.4) is 0 Å². The predicted molar refractivity (Wildman–Crippen MR) is 107 cm³/mol. The summed E-state index contributed by atoms with van der Waals surface area (Å²) in [5.41, 5.74) is 1.30. The molecule has 0 saturated carbocycles. The number of hydrogen-bond acceptors (Lipinski definition) is 4. The molecule has 0 aliphatic carbocycles. The van der Waals surface area contributed by atoms with E-state index < -0.39 is 0 Å².